The second-order valence-electron chi connectivity index (χ2n) is 6.38. The number of hydrogen-bond acceptors (Lipinski definition) is 2. The van der Waals surface area contributed by atoms with E-state index in [2.05, 4.69) is 5.32 Å². The van der Waals surface area contributed by atoms with Crippen molar-refractivity contribution < 1.29 is 9.59 Å². The van der Waals surface area contributed by atoms with Crippen LogP contribution in [0.2, 0.25) is 0 Å². The van der Waals surface area contributed by atoms with Gasteiger partial charge in [-0.25, -0.2) is 0 Å². The molecule has 4 heteroatoms. The number of fused-ring (bicyclic) bond motifs is 1. The van der Waals surface area contributed by atoms with Gasteiger partial charge in [-0.2, -0.15) is 0 Å². The van der Waals surface area contributed by atoms with Crippen molar-refractivity contribution in [3.63, 3.8) is 0 Å². The van der Waals surface area contributed by atoms with Crippen molar-refractivity contribution in [1.29, 1.82) is 0 Å². The lowest BCUT2D eigenvalue weighted by Gasteiger charge is -2.22. The molecule has 0 saturated carbocycles. The summed E-state index contributed by atoms with van der Waals surface area (Å²) in [6, 6.07) is 16.0. The number of aryl methyl sites for hydroxylation is 1. The molecule has 2 aromatic carbocycles. The fourth-order valence-electron chi connectivity index (χ4n) is 3.14. The van der Waals surface area contributed by atoms with Gasteiger partial charge >= 0.3 is 0 Å². The minimum absolute atomic E-state index is 0.0970. The minimum atomic E-state index is -0.239. The lowest BCUT2D eigenvalue weighted by Crippen LogP contribution is -2.39. The molecule has 0 bridgehead atoms. The Kier molecular flexibility index (Phi) is 4.65. The van der Waals surface area contributed by atoms with Crippen LogP contribution in [0.3, 0.4) is 0 Å². The molecule has 1 aliphatic heterocycles. The lowest BCUT2D eigenvalue weighted by molar-refractivity contribution is -0.128. The fourth-order valence-corrected chi connectivity index (χ4v) is 3.14. The molecule has 0 fully saturated rings. The Hall–Kier alpha value is -2.62. The van der Waals surface area contributed by atoms with Gasteiger partial charge in [0.15, 0.2) is 0 Å². The normalized spacial score (nSPS) is 15.9. The maximum Gasteiger partial charge on any atom is 0.236 e. The van der Waals surface area contributed by atoms with Crippen molar-refractivity contribution in [2.45, 2.75) is 39.3 Å². The molecule has 1 aliphatic rings. The summed E-state index contributed by atoms with van der Waals surface area (Å²) in [6.45, 7) is 4.48. The average molecular weight is 322 g/mol. The summed E-state index contributed by atoms with van der Waals surface area (Å²) in [6.07, 6.45) is 0.720. The molecular formula is C20H22N2O2. The van der Waals surface area contributed by atoms with E-state index in [0.29, 0.717) is 6.54 Å². The van der Waals surface area contributed by atoms with Crippen LogP contribution in [-0.2, 0) is 22.6 Å². The first-order valence-electron chi connectivity index (χ1n) is 8.27. The van der Waals surface area contributed by atoms with E-state index >= 15 is 0 Å². The van der Waals surface area contributed by atoms with Crippen LogP contribution >= 0.6 is 0 Å². The quantitative estimate of drug-likeness (QED) is 0.880. The van der Waals surface area contributed by atoms with Gasteiger partial charge in [0, 0.05) is 18.3 Å². The Labute approximate surface area is 142 Å². The topological polar surface area (TPSA) is 49.4 Å². The van der Waals surface area contributed by atoms with E-state index in [9.17, 15) is 9.59 Å². The molecule has 0 aromatic heterocycles. The van der Waals surface area contributed by atoms with Gasteiger partial charge in [0.2, 0.25) is 11.8 Å². The zero-order valence-electron chi connectivity index (χ0n) is 14.1. The van der Waals surface area contributed by atoms with Crippen molar-refractivity contribution in [3.8, 4) is 0 Å². The average Bonchev–Trinajstić information content (AvgIpc) is 2.90. The number of carbonyl (C=O) groups is 2. The molecule has 0 saturated heterocycles. The van der Waals surface area contributed by atoms with Crippen molar-refractivity contribution >= 4 is 17.5 Å². The molecule has 0 spiro atoms. The maximum atomic E-state index is 12.5. The first-order chi connectivity index (χ1) is 11.5. The summed E-state index contributed by atoms with van der Waals surface area (Å²) in [4.78, 5) is 26.4. The summed E-state index contributed by atoms with van der Waals surface area (Å²) in [5.41, 5.74) is 4.31. The number of amides is 2. The van der Waals surface area contributed by atoms with Crippen molar-refractivity contribution in [3.05, 3.63) is 65.2 Å². The standard InChI is InChI=1S/C20H22N2O2/c1-14-7-9-16(10-8-14)13-21-19(23)12-20(24)22-15(2)11-17-5-3-4-6-18(17)22/h3-10,15H,11-13H2,1-2H3,(H,21,23). The fraction of sp³-hybridized carbons (Fsp3) is 0.300. The van der Waals surface area contributed by atoms with E-state index in [-0.39, 0.29) is 24.3 Å². The van der Waals surface area contributed by atoms with Crippen LogP contribution < -0.4 is 10.2 Å². The smallest absolute Gasteiger partial charge is 0.236 e. The SMILES string of the molecule is Cc1ccc(CNC(=O)CC(=O)N2c3ccccc3CC2C)cc1. The van der Waals surface area contributed by atoms with Gasteiger partial charge in [0.25, 0.3) is 0 Å². The maximum absolute atomic E-state index is 12.5. The Balaban J connectivity index is 1.58. The van der Waals surface area contributed by atoms with E-state index < -0.39 is 0 Å². The third-order valence-electron chi connectivity index (χ3n) is 4.40. The largest absolute Gasteiger partial charge is 0.352 e. The van der Waals surface area contributed by atoms with Crippen LogP contribution in [0.15, 0.2) is 48.5 Å². The van der Waals surface area contributed by atoms with Gasteiger partial charge < -0.3 is 10.2 Å². The molecule has 0 aliphatic carbocycles. The van der Waals surface area contributed by atoms with Gasteiger partial charge in [-0.15, -0.1) is 0 Å². The second kappa shape index (κ2) is 6.87. The molecule has 1 N–H and O–H groups in total. The number of para-hydroxylation sites is 1. The highest BCUT2D eigenvalue weighted by atomic mass is 16.2. The van der Waals surface area contributed by atoms with E-state index in [1.54, 1.807) is 4.90 Å². The Morgan fingerprint density at radius 3 is 2.58 bits per heavy atom. The number of hydrogen-bond donors (Lipinski definition) is 1. The molecule has 4 nitrogen and oxygen atoms in total. The highest BCUT2D eigenvalue weighted by molar-refractivity contribution is 6.06. The van der Waals surface area contributed by atoms with Crippen LogP contribution in [0, 0.1) is 6.92 Å². The molecule has 2 aromatic rings. The third kappa shape index (κ3) is 3.48. The zero-order valence-corrected chi connectivity index (χ0v) is 14.1. The Bertz CT molecular complexity index is 752. The molecule has 24 heavy (non-hydrogen) atoms. The molecule has 124 valence electrons. The van der Waals surface area contributed by atoms with Crippen LogP contribution in [0.5, 0.6) is 0 Å². The molecule has 1 atom stereocenters. The van der Waals surface area contributed by atoms with Gasteiger partial charge in [0.1, 0.15) is 6.42 Å². The predicted molar refractivity (Wildman–Crippen MR) is 94.7 cm³/mol. The number of carbonyl (C=O) groups excluding carboxylic acids is 2. The summed E-state index contributed by atoms with van der Waals surface area (Å²) >= 11 is 0. The van der Waals surface area contributed by atoms with Crippen molar-refractivity contribution in [1.82, 2.24) is 5.32 Å². The number of benzene rings is 2. The minimum Gasteiger partial charge on any atom is -0.352 e. The highest BCUT2D eigenvalue weighted by Gasteiger charge is 2.31. The van der Waals surface area contributed by atoms with Crippen molar-refractivity contribution in [2.24, 2.45) is 0 Å². The van der Waals surface area contributed by atoms with Gasteiger partial charge in [-0.05, 0) is 37.5 Å². The van der Waals surface area contributed by atoms with E-state index in [1.165, 1.54) is 11.1 Å². The number of rotatable bonds is 4. The van der Waals surface area contributed by atoms with Gasteiger partial charge in [-0.3, -0.25) is 9.59 Å². The molecule has 1 unspecified atom stereocenters. The number of nitrogens with zero attached hydrogens (tertiary/aromatic N) is 1. The molecule has 0 radical (unpaired) electrons. The highest BCUT2D eigenvalue weighted by Crippen LogP contribution is 2.32. The van der Waals surface area contributed by atoms with E-state index in [1.807, 2.05) is 62.4 Å². The van der Waals surface area contributed by atoms with E-state index in [4.69, 9.17) is 0 Å². The first kappa shape index (κ1) is 16.2. The van der Waals surface area contributed by atoms with Crippen LogP contribution in [0.25, 0.3) is 0 Å². The lowest BCUT2D eigenvalue weighted by atomic mass is 10.1. The summed E-state index contributed by atoms with van der Waals surface area (Å²) in [7, 11) is 0. The summed E-state index contributed by atoms with van der Waals surface area (Å²) in [5.74, 6) is -0.383. The van der Waals surface area contributed by atoms with Crippen LogP contribution in [0.1, 0.15) is 30.0 Å². The second-order valence-corrected chi connectivity index (χ2v) is 6.38. The number of nitrogens with one attached hydrogen (secondary N) is 1. The van der Waals surface area contributed by atoms with Gasteiger partial charge in [0.05, 0.1) is 0 Å². The molecule has 3 rings (SSSR count). The first-order valence-corrected chi connectivity index (χ1v) is 8.27. The molecule has 1 heterocycles. The van der Waals surface area contributed by atoms with Gasteiger partial charge in [-0.1, -0.05) is 48.0 Å². The van der Waals surface area contributed by atoms with Crippen LogP contribution in [0.4, 0.5) is 5.69 Å². The number of anilines is 1. The zero-order chi connectivity index (χ0) is 17.1. The summed E-state index contributed by atoms with van der Waals surface area (Å²) < 4.78 is 0. The van der Waals surface area contributed by atoms with Crippen molar-refractivity contribution in [2.75, 3.05) is 4.90 Å². The molecular weight excluding hydrogens is 300 g/mol. The Morgan fingerprint density at radius 1 is 1.12 bits per heavy atom. The molecule has 2 amide bonds. The van der Waals surface area contributed by atoms with Crippen LogP contribution in [-0.4, -0.2) is 17.9 Å². The Morgan fingerprint density at radius 2 is 1.83 bits per heavy atom. The third-order valence-corrected chi connectivity index (χ3v) is 4.40. The van der Waals surface area contributed by atoms with E-state index in [0.717, 1.165) is 17.7 Å². The predicted octanol–water partition coefficient (Wildman–Crippen LogP) is 2.98. The monoisotopic (exact) mass is 322 g/mol. The summed E-state index contributed by atoms with van der Waals surface area (Å²) in [5, 5.41) is 2.83.